The zero-order valence-electron chi connectivity index (χ0n) is 11.0. The first kappa shape index (κ1) is 16.0. The Morgan fingerprint density at radius 2 is 2.21 bits per heavy atom. The van der Waals surface area contributed by atoms with Crippen LogP contribution in [-0.2, 0) is 15.6 Å². The van der Waals surface area contributed by atoms with Crippen LogP contribution in [0.4, 0.5) is 0 Å². The van der Waals surface area contributed by atoms with Gasteiger partial charge in [0, 0.05) is 29.5 Å². The maximum Gasteiger partial charge on any atom is 0.232 e. The molecule has 4 nitrogen and oxygen atoms in total. The highest BCUT2D eigenvalue weighted by Gasteiger charge is 2.10. The molecule has 0 aromatic carbocycles. The Bertz CT molecular complexity index is 429. The molecule has 19 heavy (non-hydrogen) atoms. The lowest BCUT2D eigenvalue weighted by Gasteiger charge is -2.03. The van der Waals surface area contributed by atoms with Crippen molar-refractivity contribution in [3.05, 3.63) is 22.4 Å². The number of thiophene rings is 1. The minimum Gasteiger partial charge on any atom is -0.355 e. The molecule has 1 unspecified atom stereocenters. The van der Waals surface area contributed by atoms with Crippen LogP contribution in [0.15, 0.2) is 17.5 Å². The molecular formula is C13H19NO3S2. The fraction of sp³-hybridized carbons (Fsp3) is 0.538. The maximum absolute atomic E-state index is 11.7. The molecule has 0 aliphatic heterocycles. The monoisotopic (exact) mass is 301 g/mol. The Hall–Kier alpha value is -1.01. The van der Waals surface area contributed by atoms with Crippen molar-refractivity contribution < 1.29 is 13.8 Å². The topological polar surface area (TPSA) is 63.2 Å². The van der Waals surface area contributed by atoms with Crippen LogP contribution in [0.1, 0.15) is 35.9 Å². The van der Waals surface area contributed by atoms with Crippen LogP contribution in [-0.4, -0.2) is 33.9 Å². The Labute approximate surface area is 120 Å². The second-order valence-corrected chi connectivity index (χ2v) is 6.67. The number of carbonyl (C=O) groups is 2. The Morgan fingerprint density at radius 3 is 2.84 bits per heavy atom. The van der Waals surface area contributed by atoms with E-state index in [0.717, 1.165) is 11.3 Å². The van der Waals surface area contributed by atoms with E-state index < -0.39 is 10.8 Å². The molecule has 0 spiro atoms. The molecule has 1 amide bonds. The van der Waals surface area contributed by atoms with Crippen LogP contribution in [0.2, 0.25) is 0 Å². The zero-order chi connectivity index (χ0) is 14.1. The van der Waals surface area contributed by atoms with Crippen LogP contribution >= 0.6 is 11.3 Å². The van der Waals surface area contributed by atoms with Crippen LogP contribution in [0.25, 0.3) is 0 Å². The van der Waals surface area contributed by atoms with Crippen LogP contribution in [0.3, 0.4) is 0 Å². The SMILES string of the molecule is CCCNC(=O)CS(=O)CCCC(=O)c1cccs1. The van der Waals surface area contributed by atoms with E-state index >= 15 is 0 Å². The third-order valence-electron chi connectivity index (χ3n) is 2.44. The van der Waals surface area contributed by atoms with Gasteiger partial charge in [0.15, 0.2) is 5.78 Å². The number of ketones is 1. The van der Waals surface area contributed by atoms with E-state index in [0.29, 0.717) is 25.1 Å². The Morgan fingerprint density at radius 1 is 1.42 bits per heavy atom. The van der Waals surface area contributed by atoms with Gasteiger partial charge in [0.25, 0.3) is 0 Å². The standard InChI is InChI=1S/C13H19NO3S2/c1-2-7-14-13(16)10-19(17)9-4-5-11(15)12-6-3-8-18-12/h3,6,8H,2,4-5,7,9-10H2,1H3,(H,14,16). The summed E-state index contributed by atoms with van der Waals surface area (Å²) in [5, 5.41) is 4.55. The second-order valence-electron chi connectivity index (χ2n) is 4.14. The molecule has 0 aliphatic rings. The molecule has 0 fully saturated rings. The fourth-order valence-corrected chi connectivity index (χ4v) is 3.19. The van der Waals surface area contributed by atoms with E-state index in [-0.39, 0.29) is 17.4 Å². The third-order valence-corrected chi connectivity index (χ3v) is 4.68. The second kappa shape index (κ2) is 8.98. The van der Waals surface area contributed by atoms with Gasteiger partial charge in [-0.05, 0) is 24.3 Å². The van der Waals surface area contributed by atoms with E-state index in [2.05, 4.69) is 5.32 Å². The highest BCUT2D eigenvalue weighted by molar-refractivity contribution is 7.85. The minimum atomic E-state index is -1.18. The van der Waals surface area contributed by atoms with Crippen LogP contribution < -0.4 is 5.32 Å². The van der Waals surface area contributed by atoms with Gasteiger partial charge in [0.05, 0.1) is 4.88 Å². The summed E-state index contributed by atoms with van der Waals surface area (Å²) >= 11 is 1.42. The fourth-order valence-electron chi connectivity index (χ4n) is 1.49. The van der Waals surface area contributed by atoms with Gasteiger partial charge >= 0.3 is 0 Å². The lowest BCUT2D eigenvalue weighted by Crippen LogP contribution is -2.29. The molecule has 106 valence electrons. The highest BCUT2D eigenvalue weighted by atomic mass is 32.2. The van der Waals surface area contributed by atoms with Crippen LogP contribution in [0.5, 0.6) is 0 Å². The molecule has 0 radical (unpaired) electrons. The summed E-state index contributed by atoms with van der Waals surface area (Å²) in [6.45, 7) is 2.58. The van der Waals surface area contributed by atoms with Crippen molar-refractivity contribution in [3.63, 3.8) is 0 Å². The lowest BCUT2D eigenvalue weighted by molar-refractivity contribution is -0.118. The third kappa shape index (κ3) is 6.63. The summed E-state index contributed by atoms with van der Waals surface area (Å²) in [4.78, 5) is 23.8. The lowest BCUT2D eigenvalue weighted by atomic mass is 10.2. The summed E-state index contributed by atoms with van der Waals surface area (Å²) in [6, 6.07) is 3.64. The largest absolute Gasteiger partial charge is 0.355 e. The summed E-state index contributed by atoms with van der Waals surface area (Å²) in [5.74, 6) is 0.344. The first-order valence-corrected chi connectivity index (χ1v) is 8.68. The number of rotatable bonds is 9. The average molecular weight is 301 g/mol. The van der Waals surface area contributed by atoms with Crippen molar-refractivity contribution >= 4 is 33.8 Å². The van der Waals surface area contributed by atoms with Crippen molar-refractivity contribution in [1.29, 1.82) is 0 Å². The Kier molecular flexibility index (Phi) is 7.59. The summed E-state index contributed by atoms with van der Waals surface area (Å²) in [7, 11) is -1.18. The van der Waals surface area contributed by atoms with E-state index in [1.165, 1.54) is 11.3 Å². The van der Waals surface area contributed by atoms with Gasteiger partial charge in [-0.15, -0.1) is 11.3 Å². The molecule has 1 N–H and O–H groups in total. The molecule has 0 saturated carbocycles. The molecule has 1 atom stereocenters. The van der Waals surface area contributed by atoms with Gasteiger partial charge in [0.2, 0.25) is 5.91 Å². The predicted molar refractivity (Wildman–Crippen MR) is 79.1 cm³/mol. The molecule has 0 bridgehead atoms. The molecule has 6 heteroatoms. The summed E-state index contributed by atoms with van der Waals surface area (Å²) < 4.78 is 11.6. The minimum absolute atomic E-state index is 0.0349. The maximum atomic E-state index is 11.7. The van der Waals surface area contributed by atoms with Gasteiger partial charge in [-0.25, -0.2) is 0 Å². The molecular weight excluding hydrogens is 282 g/mol. The summed E-state index contributed by atoms with van der Waals surface area (Å²) in [6.07, 6.45) is 1.82. The number of amides is 1. The van der Waals surface area contributed by atoms with Crippen molar-refractivity contribution in [3.8, 4) is 0 Å². The predicted octanol–water partition coefficient (Wildman–Crippen LogP) is 1.99. The molecule has 1 heterocycles. The van der Waals surface area contributed by atoms with Crippen molar-refractivity contribution in [2.45, 2.75) is 26.2 Å². The van der Waals surface area contributed by atoms with E-state index in [4.69, 9.17) is 0 Å². The quantitative estimate of drug-likeness (QED) is 0.709. The van der Waals surface area contributed by atoms with Crippen molar-refractivity contribution in [1.82, 2.24) is 5.32 Å². The van der Waals surface area contributed by atoms with E-state index in [9.17, 15) is 13.8 Å². The van der Waals surface area contributed by atoms with E-state index in [1.54, 1.807) is 6.07 Å². The first-order valence-electron chi connectivity index (χ1n) is 6.32. The molecule has 1 rings (SSSR count). The van der Waals surface area contributed by atoms with Gasteiger partial charge < -0.3 is 5.32 Å². The molecule has 1 aromatic rings. The number of nitrogens with one attached hydrogen (secondary N) is 1. The van der Waals surface area contributed by atoms with Crippen molar-refractivity contribution in [2.75, 3.05) is 18.1 Å². The van der Waals surface area contributed by atoms with Crippen molar-refractivity contribution in [2.24, 2.45) is 0 Å². The summed E-state index contributed by atoms with van der Waals surface area (Å²) in [5.41, 5.74) is 0. The number of hydrogen-bond acceptors (Lipinski definition) is 4. The average Bonchev–Trinajstić information content (AvgIpc) is 2.90. The van der Waals surface area contributed by atoms with Gasteiger partial charge in [-0.2, -0.15) is 0 Å². The number of carbonyl (C=O) groups excluding carboxylic acids is 2. The smallest absolute Gasteiger partial charge is 0.232 e. The molecule has 0 saturated heterocycles. The first-order chi connectivity index (χ1) is 9.13. The molecule has 0 aliphatic carbocycles. The van der Waals surface area contributed by atoms with Crippen LogP contribution in [0, 0.1) is 0 Å². The zero-order valence-corrected chi connectivity index (χ0v) is 12.6. The van der Waals surface area contributed by atoms with E-state index in [1.807, 2.05) is 18.4 Å². The number of hydrogen-bond donors (Lipinski definition) is 1. The van der Waals surface area contributed by atoms with Gasteiger partial charge in [0.1, 0.15) is 5.75 Å². The Balaban J connectivity index is 2.17. The van der Waals surface area contributed by atoms with Gasteiger partial charge in [-0.1, -0.05) is 13.0 Å². The molecule has 1 aromatic heterocycles. The highest BCUT2D eigenvalue weighted by Crippen LogP contribution is 2.12. The normalized spacial score (nSPS) is 12.1. The number of Topliss-reactive ketones (excluding diaryl/α,β-unsaturated/α-hetero) is 1. The van der Waals surface area contributed by atoms with Gasteiger partial charge in [-0.3, -0.25) is 13.8 Å².